The number of nitrogens with one attached hydrogen (secondary N) is 1. The van der Waals surface area contributed by atoms with Gasteiger partial charge in [-0.1, -0.05) is 31.5 Å². The summed E-state index contributed by atoms with van der Waals surface area (Å²) in [7, 11) is 1.78. The largest absolute Gasteiger partial charge is 0.376 e. The van der Waals surface area contributed by atoms with Gasteiger partial charge in [0, 0.05) is 24.8 Å². The maximum atomic E-state index is 5.84. The van der Waals surface area contributed by atoms with Crippen molar-refractivity contribution in [2.24, 2.45) is 0 Å². The van der Waals surface area contributed by atoms with Crippen molar-refractivity contribution in [3.05, 3.63) is 21.7 Å². The SMILES string of the molecule is COC1(c2nc(=S)c3c([nH]2)CCOC3)CCCCC1. The number of rotatable bonds is 2. The van der Waals surface area contributed by atoms with Crippen molar-refractivity contribution >= 4 is 12.2 Å². The highest BCUT2D eigenvalue weighted by Gasteiger charge is 2.36. The van der Waals surface area contributed by atoms with E-state index < -0.39 is 0 Å². The summed E-state index contributed by atoms with van der Waals surface area (Å²) < 4.78 is 12.0. The van der Waals surface area contributed by atoms with Crippen LogP contribution in [-0.2, 0) is 28.1 Å². The molecule has 0 radical (unpaired) electrons. The van der Waals surface area contributed by atoms with Crippen LogP contribution in [0.2, 0.25) is 0 Å². The van der Waals surface area contributed by atoms with Crippen molar-refractivity contribution in [2.75, 3.05) is 13.7 Å². The van der Waals surface area contributed by atoms with Crippen molar-refractivity contribution < 1.29 is 9.47 Å². The first-order chi connectivity index (χ1) is 9.25. The van der Waals surface area contributed by atoms with Crippen LogP contribution in [0.1, 0.15) is 49.2 Å². The van der Waals surface area contributed by atoms with Gasteiger partial charge in [0.15, 0.2) is 0 Å². The van der Waals surface area contributed by atoms with Crippen molar-refractivity contribution in [1.82, 2.24) is 9.97 Å². The number of H-pyrrole nitrogens is 1. The van der Waals surface area contributed by atoms with E-state index >= 15 is 0 Å². The van der Waals surface area contributed by atoms with Gasteiger partial charge in [-0.15, -0.1) is 0 Å². The van der Waals surface area contributed by atoms with Gasteiger partial charge in [0.05, 0.1) is 13.2 Å². The number of hydrogen-bond acceptors (Lipinski definition) is 4. The van der Waals surface area contributed by atoms with E-state index in [0.29, 0.717) is 11.2 Å². The normalized spacial score (nSPS) is 21.9. The van der Waals surface area contributed by atoms with E-state index in [0.717, 1.165) is 37.3 Å². The lowest BCUT2D eigenvalue weighted by Crippen LogP contribution is -2.34. The molecule has 1 N–H and O–H groups in total. The summed E-state index contributed by atoms with van der Waals surface area (Å²) in [5.41, 5.74) is 1.97. The summed E-state index contributed by atoms with van der Waals surface area (Å²) >= 11 is 5.43. The third kappa shape index (κ3) is 2.35. The first kappa shape index (κ1) is 13.2. The Labute approximate surface area is 118 Å². The third-order valence-electron chi connectivity index (χ3n) is 4.33. The Morgan fingerprint density at radius 3 is 2.84 bits per heavy atom. The number of hydrogen-bond donors (Lipinski definition) is 1. The van der Waals surface area contributed by atoms with Gasteiger partial charge in [-0.3, -0.25) is 0 Å². The fraction of sp³-hybridized carbons (Fsp3) is 0.714. The highest BCUT2D eigenvalue weighted by atomic mass is 32.1. The Kier molecular flexibility index (Phi) is 3.69. The van der Waals surface area contributed by atoms with Crippen molar-refractivity contribution in [2.45, 2.75) is 50.7 Å². The summed E-state index contributed by atoms with van der Waals surface area (Å²) in [6, 6.07) is 0. The molecule has 0 bridgehead atoms. The molecule has 4 nitrogen and oxygen atoms in total. The van der Waals surface area contributed by atoms with Gasteiger partial charge >= 0.3 is 0 Å². The Morgan fingerprint density at radius 2 is 2.11 bits per heavy atom. The van der Waals surface area contributed by atoms with Crippen LogP contribution >= 0.6 is 12.2 Å². The molecule has 1 aliphatic heterocycles. The van der Waals surface area contributed by atoms with Gasteiger partial charge < -0.3 is 14.5 Å². The number of fused-ring (bicyclic) bond motifs is 1. The topological polar surface area (TPSA) is 47.1 Å². The van der Waals surface area contributed by atoms with E-state index in [2.05, 4.69) is 9.97 Å². The van der Waals surface area contributed by atoms with Crippen molar-refractivity contribution in [1.29, 1.82) is 0 Å². The monoisotopic (exact) mass is 280 g/mol. The average molecular weight is 280 g/mol. The molecule has 0 unspecified atom stereocenters. The molecule has 0 atom stereocenters. The molecular formula is C14H20N2O2S. The van der Waals surface area contributed by atoms with Gasteiger partial charge in [-0.2, -0.15) is 0 Å². The molecule has 2 aliphatic rings. The summed E-state index contributed by atoms with van der Waals surface area (Å²) in [6.45, 7) is 1.33. The second-order valence-electron chi connectivity index (χ2n) is 5.41. The number of aromatic amines is 1. The van der Waals surface area contributed by atoms with Crippen LogP contribution in [0.25, 0.3) is 0 Å². The number of aromatic nitrogens is 2. The third-order valence-corrected chi connectivity index (χ3v) is 4.67. The molecule has 2 heterocycles. The molecular weight excluding hydrogens is 260 g/mol. The second-order valence-corrected chi connectivity index (χ2v) is 5.80. The van der Waals surface area contributed by atoms with Crippen LogP contribution in [0.5, 0.6) is 0 Å². The number of nitrogens with zero attached hydrogens (tertiary/aromatic N) is 1. The van der Waals surface area contributed by atoms with E-state index in [4.69, 9.17) is 21.7 Å². The highest BCUT2D eigenvalue weighted by molar-refractivity contribution is 7.71. The van der Waals surface area contributed by atoms with Crippen LogP contribution < -0.4 is 0 Å². The van der Waals surface area contributed by atoms with Crippen LogP contribution in [0.3, 0.4) is 0 Å². The summed E-state index contributed by atoms with van der Waals surface area (Å²) in [5.74, 6) is 0.917. The Bertz CT molecular complexity index is 521. The molecule has 0 amide bonds. The van der Waals surface area contributed by atoms with Gasteiger partial charge in [0.25, 0.3) is 0 Å². The van der Waals surface area contributed by atoms with Gasteiger partial charge in [0.2, 0.25) is 0 Å². The average Bonchev–Trinajstić information content (AvgIpc) is 2.48. The molecule has 104 valence electrons. The lowest BCUT2D eigenvalue weighted by Gasteiger charge is -2.35. The summed E-state index contributed by atoms with van der Waals surface area (Å²) in [4.78, 5) is 8.09. The van der Waals surface area contributed by atoms with E-state index in [1.165, 1.54) is 25.0 Å². The molecule has 0 aromatic carbocycles. The molecule has 1 fully saturated rings. The summed E-state index contributed by atoms with van der Waals surface area (Å²) in [5, 5.41) is 0. The maximum Gasteiger partial charge on any atom is 0.140 e. The van der Waals surface area contributed by atoms with Gasteiger partial charge in [0.1, 0.15) is 16.1 Å². The first-order valence-electron chi connectivity index (χ1n) is 7.01. The van der Waals surface area contributed by atoms with E-state index in [9.17, 15) is 0 Å². The predicted molar refractivity (Wildman–Crippen MR) is 74.6 cm³/mol. The first-order valence-corrected chi connectivity index (χ1v) is 7.41. The number of ether oxygens (including phenoxy) is 2. The molecule has 1 aromatic rings. The zero-order valence-electron chi connectivity index (χ0n) is 11.3. The predicted octanol–water partition coefficient (Wildman–Crippen LogP) is 3.02. The molecule has 1 aliphatic carbocycles. The minimum absolute atomic E-state index is 0.265. The Morgan fingerprint density at radius 1 is 1.32 bits per heavy atom. The van der Waals surface area contributed by atoms with Gasteiger partial charge in [-0.25, -0.2) is 4.98 Å². The van der Waals surface area contributed by atoms with Crippen LogP contribution in [0, 0.1) is 4.64 Å². The highest BCUT2D eigenvalue weighted by Crippen LogP contribution is 2.38. The fourth-order valence-corrected chi connectivity index (χ4v) is 3.40. The molecule has 19 heavy (non-hydrogen) atoms. The minimum atomic E-state index is -0.265. The fourth-order valence-electron chi connectivity index (χ4n) is 3.13. The molecule has 1 saturated carbocycles. The molecule has 5 heteroatoms. The molecule has 0 saturated heterocycles. The molecule has 1 aromatic heterocycles. The Hall–Kier alpha value is -0.780. The molecule has 3 rings (SSSR count). The van der Waals surface area contributed by atoms with Gasteiger partial charge in [-0.05, 0) is 12.8 Å². The van der Waals surface area contributed by atoms with E-state index in [1.54, 1.807) is 7.11 Å². The van der Waals surface area contributed by atoms with E-state index in [1.807, 2.05) is 0 Å². The lowest BCUT2D eigenvalue weighted by atomic mass is 9.83. The quantitative estimate of drug-likeness (QED) is 0.846. The maximum absolute atomic E-state index is 5.84. The van der Waals surface area contributed by atoms with Crippen molar-refractivity contribution in [3.63, 3.8) is 0 Å². The lowest BCUT2D eigenvalue weighted by molar-refractivity contribution is -0.0520. The number of methoxy groups -OCH3 is 1. The molecule has 0 spiro atoms. The standard InChI is InChI=1S/C14H20N2O2S/c1-17-14(6-3-2-4-7-14)13-15-11-5-8-18-9-10(11)12(19)16-13/h2-9H2,1H3,(H,15,16,19). The smallest absolute Gasteiger partial charge is 0.140 e. The second kappa shape index (κ2) is 5.31. The van der Waals surface area contributed by atoms with E-state index in [-0.39, 0.29) is 5.60 Å². The van der Waals surface area contributed by atoms with Crippen LogP contribution in [0.15, 0.2) is 0 Å². The minimum Gasteiger partial charge on any atom is -0.376 e. The van der Waals surface area contributed by atoms with Crippen LogP contribution in [-0.4, -0.2) is 23.7 Å². The zero-order valence-corrected chi connectivity index (χ0v) is 12.1. The summed E-state index contributed by atoms with van der Waals surface area (Å²) in [6.07, 6.45) is 6.60. The Balaban J connectivity index is 2.04. The van der Waals surface area contributed by atoms with Crippen LogP contribution in [0.4, 0.5) is 0 Å². The zero-order chi connectivity index (χ0) is 13.3. The van der Waals surface area contributed by atoms with Crippen molar-refractivity contribution in [3.8, 4) is 0 Å².